The summed E-state index contributed by atoms with van der Waals surface area (Å²) in [5.41, 5.74) is -0.989. The number of carbonyl (C=O) groups excluding carboxylic acids is 1. The highest BCUT2D eigenvalue weighted by Gasteiger charge is 2.19. The molecule has 1 heterocycles. The van der Waals surface area contributed by atoms with Crippen molar-refractivity contribution in [2.45, 2.75) is 33.6 Å². The van der Waals surface area contributed by atoms with Crippen LogP contribution in [0.5, 0.6) is 5.75 Å². The van der Waals surface area contributed by atoms with Crippen molar-refractivity contribution in [2.24, 2.45) is 5.92 Å². The predicted octanol–water partition coefficient (Wildman–Crippen LogP) is 2.27. The van der Waals surface area contributed by atoms with Crippen molar-refractivity contribution in [2.75, 3.05) is 0 Å². The highest BCUT2D eigenvalue weighted by atomic mass is 16.4. The van der Waals surface area contributed by atoms with Gasteiger partial charge in [0.05, 0.1) is 0 Å². The van der Waals surface area contributed by atoms with Gasteiger partial charge in [-0.1, -0.05) is 20.3 Å². The standard InChI is InChI=1S/C12H16O4/c1-4-7(2)5-9(13)11-10(14)6-8(3)16-12(11)15/h6-7,14H,4-5H2,1-3H3. The molecule has 1 N–H and O–H groups in total. The number of aromatic hydroxyl groups is 1. The van der Waals surface area contributed by atoms with Crippen LogP contribution in [0.2, 0.25) is 0 Å². The quantitative estimate of drug-likeness (QED) is 0.796. The Bertz CT molecular complexity index is 445. The highest BCUT2D eigenvalue weighted by Crippen LogP contribution is 2.19. The minimum atomic E-state index is -0.759. The molecular formula is C12H16O4. The van der Waals surface area contributed by atoms with Crippen LogP contribution in [0.25, 0.3) is 0 Å². The Kier molecular flexibility index (Phi) is 3.88. The molecule has 0 saturated carbocycles. The molecule has 1 unspecified atom stereocenters. The summed E-state index contributed by atoms with van der Waals surface area (Å²) in [6.45, 7) is 5.43. The molecule has 1 aromatic rings. The summed E-state index contributed by atoms with van der Waals surface area (Å²) in [5, 5.41) is 9.55. The minimum Gasteiger partial charge on any atom is -0.507 e. The van der Waals surface area contributed by atoms with Crippen molar-refractivity contribution in [3.8, 4) is 5.75 Å². The minimum absolute atomic E-state index is 0.188. The monoisotopic (exact) mass is 224 g/mol. The zero-order chi connectivity index (χ0) is 12.3. The van der Waals surface area contributed by atoms with Gasteiger partial charge in [-0.15, -0.1) is 0 Å². The second-order valence-corrected chi connectivity index (χ2v) is 4.05. The summed E-state index contributed by atoms with van der Waals surface area (Å²) in [4.78, 5) is 23.2. The van der Waals surface area contributed by atoms with Crippen LogP contribution in [-0.4, -0.2) is 10.9 Å². The molecular weight excluding hydrogens is 208 g/mol. The van der Waals surface area contributed by atoms with E-state index in [2.05, 4.69) is 0 Å². The Morgan fingerprint density at radius 3 is 2.69 bits per heavy atom. The third kappa shape index (κ3) is 2.72. The molecule has 88 valence electrons. The van der Waals surface area contributed by atoms with E-state index < -0.39 is 5.63 Å². The Morgan fingerprint density at radius 1 is 1.56 bits per heavy atom. The molecule has 1 rings (SSSR count). The molecule has 4 heteroatoms. The Hall–Kier alpha value is -1.58. The Balaban J connectivity index is 3.05. The number of hydrogen-bond donors (Lipinski definition) is 1. The van der Waals surface area contributed by atoms with Gasteiger partial charge < -0.3 is 9.52 Å². The first kappa shape index (κ1) is 12.5. The molecule has 0 aromatic carbocycles. The molecule has 0 bridgehead atoms. The molecule has 0 fully saturated rings. The molecule has 1 aromatic heterocycles. The molecule has 0 amide bonds. The van der Waals surface area contributed by atoms with Gasteiger partial charge in [-0.05, 0) is 12.8 Å². The van der Waals surface area contributed by atoms with Crippen LogP contribution in [0.15, 0.2) is 15.3 Å². The normalized spacial score (nSPS) is 12.4. The van der Waals surface area contributed by atoms with Gasteiger partial charge in [0.1, 0.15) is 17.1 Å². The number of rotatable bonds is 4. The van der Waals surface area contributed by atoms with Gasteiger partial charge >= 0.3 is 5.63 Å². The van der Waals surface area contributed by atoms with Gasteiger partial charge in [0.2, 0.25) is 0 Å². The van der Waals surface area contributed by atoms with E-state index >= 15 is 0 Å². The lowest BCUT2D eigenvalue weighted by Gasteiger charge is -2.07. The fourth-order valence-electron chi connectivity index (χ4n) is 1.42. The maximum absolute atomic E-state index is 11.7. The average Bonchev–Trinajstić information content (AvgIpc) is 2.15. The number of carbonyl (C=O) groups is 1. The predicted molar refractivity (Wildman–Crippen MR) is 59.8 cm³/mol. The Morgan fingerprint density at radius 2 is 2.19 bits per heavy atom. The van der Waals surface area contributed by atoms with E-state index in [1.807, 2.05) is 13.8 Å². The van der Waals surface area contributed by atoms with Gasteiger partial charge in [-0.25, -0.2) is 4.79 Å². The lowest BCUT2D eigenvalue weighted by atomic mass is 9.98. The van der Waals surface area contributed by atoms with Gasteiger partial charge in [-0.2, -0.15) is 0 Å². The zero-order valence-corrected chi connectivity index (χ0v) is 9.74. The van der Waals surface area contributed by atoms with E-state index in [1.54, 1.807) is 6.92 Å². The third-order valence-electron chi connectivity index (χ3n) is 2.56. The number of Topliss-reactive ketones (excluding diaryl/α,β-unsaturated/α-hetero) is 1. The van der Waals surface area contributed by atoms with E-state index in [1.165, 1.54) is 6.07 Å². The van der Waals surface area contributed by atoms with Gasteiger partial charge in [0.25, 0.3) is 0 Å². The van der Waals surface area contributed by atoms with Crippen LogP contribution in [0.4, 0.5) is 0 Å². The zero-order valence-electron chi connectivity index (χ0n) is 9.74. The summed E-state index contributed by atoms with van der Waals surface area (Å²) in [6.07, 6.45) is 1.10. The highest BCUT2D eigenvalue weighted by molar-refractivity contribution is 5.98. The first-order valence-corrected chi connectivity index (χ1v) is 5.32. The molecule has 0 saturated heterocycles. The smallest absolute Gasteiger partial charge is 0.350 e. The van der Waals surface area contributed by atoms with Crippen LogP contribution < -0.4 is 5.63 Å². The molecule has 0 aliphatic rings. The van der Waals surface area contributed by atoms with Crippen molar-refractivity contribution >= 4 is 5.78 Å². The van der Waals surface area contributed by atoms with Crippen molar-refractivity contribution < 1.29 is 14.3 Å². The van der Waals surface area contributed by atoms with Crippen LogP contribution in [0.3, 0.4) is 0 Å². The van der Waals surface area contributed by atoms with E-state index in [-0.39, 0.29) is 29.4 Å². The van der Waals surface area contributed by atoms with E-state index in [4.69, 9.17) is 4.42 Å². The van der Waals surface area contributed by atoms with E-state index in [9.17, 15) is 14.7 Å². The SMILES string of the molecule is CCC(C)CC(=O)c1c(O)cc(C)oc1=O. The fraction of sp³-hybridized carbons (Fsp3) is 0.500. The first-order chi connectivity index (χ1) is 7.45. The van der Waals surface area contributed by atoms with Crippen LogP contribution >= 0.6 is 0 Å². The maximum atomic E-state index is 11.7. The topological polar surface area (TPSA) is 67.5 Å². The summed E-state index contributed by atoms with van der Waals surface area (Å²) < 4.78 is 4.79. The Labute approximate surface area is 93.9 Å². The number of hydrogen-bond acceptors (Lipinski definition) is 4. The average molecular weight is 224 g/mol. The largest absolute Gasteiger partial charge is 0.507 e. The summed E-state index contributed by atoms with van der Waals surface area (Å²) in [7, 11) is 0. The van der Waals surface area contributed by atoms with Gasteiger partial charge in [0, 0.05) is 12.5 Å². The lowest BCUT2D eigenvalue weighted by molar-refractivity contribution is 0.0956. The molecule has 4 nitrogen and oxygen atoms in total. The van der Waals surface area contributed by atoms with Crippen molar-refractivity contribution in [3.05, 3.63) is 27.8 Å². The molecule has 16 heavy (non-hydrogen) atoms. The number of aryl methyl sites for hydroxylation is 1. The summed E-state index contributed by atoms with van der Waals surface area (Å²) >= 11 is 0. The lowest BCUT2D eigenvalue weighted by Crippen LogP contribution is -2.16. The fourth-order valence-corrected chi connectivity index (χ4v) is 1.42. The van der Waals surface area contributed by atoms with Gasteiger partial charge in [-0.3, -0.25) is 4.79 Å². The second-order valence-electron chi connectivity index (χ2n) is 4.05. The summed E-state index contributed by atoms with van der Waals surface area (Å²) in [5.74, 6) is -0.169. The van der Waals surface area contributed by atoms with Crippen molar-refractivity contribution in [1.82, 2.24) is 0 Å². The summed E-state index contributed by atoms with van der Waals surface area (Å²) in [6, 6.07) is 1.28. The molecule has 0 radical (unpaired) electrons. The second kappa shape index (κ2) is 4.96. The van der Waals surface area contributed by atoms with Crippen molar-refractivity contribution in [3.63, 3.8) is 0 Å². The van der Waals surface area contributed by atoms with Crippen molar-refractivity contribution in [1.29, 1.82) is 0 Å². The molecule has 0 spiro atoms. The third-order valence-corrected chi connectivity index (χ3v) is 2.56. The van der Waals surface area contributed by atoms with Crippen LogP contribution in [0.1, 0.15) is 42.8 Å². The molecule has 1 atom stereocenters. The van der Waals surface area contributed by atoms with E-state index in [0.717, 1.165) is 6.42 Å². The number of ketones is 1. The first-order valence-electron chi connectivity index (χ1n) is 5.32. The van der Waals surface area contributed by atoms with Gasteiger partial charge in [0.15, 0.2) is 5.78 Å². The van der Waals surface area contributed by atoms with E-state index in [0.29, 0.717) is 5.76 Å². The van der Waals surface area contributed by atoms with Crippen LogP contribution in [0, 0.1) is 12.8 Å². The van der Waals surface area contributed by atoms with Crippen LogP contribution in [-0.2, 0) is 0 Å². The molecule has 0 aliphatic carbocycles. The maximum Gasteiger partial charge on any atom is 0.350 e. The molecule has 0 aliphatic heterocycles.